The monoisotopic (exact) mass is 226 g/mol. The summed E-state index contributed by atoms with van der Waals surface area (Å²) in [6.07, 6.45) is -2.74. The average Bonchev–Trinajstić information content (AvgIpc) is 2.54. The van der Waals surface area contributed by atoms with Crippen molar-refractivity contribution in [2.24, 2.45) is 0 Å². The van der Waals surface area contributed by atoms with Crippen LogP contribution in [0.3, 0.4) is 0 Å². The van der Waals surface area contributed by atoms with E-state index >= 15 is 0 Å². The molecule has 1 aliphatic carbocycles. The number of rotatable bonds is 0. The molecule has 16 heavy (non-hydrogen) atoms. The Morgan fingerprint density at radius 3 is 2.56 bits per heavy atom. The third-order valence-electron chi connectivity index (χ3n) is 2.73. The minimum Gasteiger partial charge on any atom is -0.289 e. The normalized spacial score (nSPS) is 18.0. The Morgan fingerprint density at radius 2 is 2.00 bits per heavy atom. The van der Waals surface area contributed by atoms with Crippen molar-refractivity contribution in [2.75, 3.05) is 0 Å². The van der Waals surface area contributed by atoms with E-state index < -0.39 is 11.7 Å². The summed E-state index contributed by atoms with van der Waals surface area (Å²) < 4.78 is 38.0. The zero-order valence-electron chi connectivity index (χ0n) is 8.56. The van der Waals surface area contributed by atoms with Crippen LogP contribution in [0.1, 0.15) is 28.4 Å². The smallest absolute Gasteiger partial charge is 0.289 e. The van der Waals surface area contributed by atoms with Gasteiger partial charge in [0.1, 0.15) is 0 Å². The van der Waals surface area contributed by atoms with Gasteiger partial charge < -0.3 is 0 Å². The molecule has 0 atom stereocenters. The van der Waals surface area contributed by atoms with E-state index in [1.54, 1.807) is 13.0 Å². The van der Waals surface area contributed by atoms with Gasteiger partial charge in [0, 0.05) is 17.6 Å². The van der Waals surface area contributed by atoms with Gasteiger partial charge in [-0.3, -0.25) is 4.79 Å². The zero-order valence-corrected chi connectivity index (χ0v) is 8.56. The molecule has 0 N–H and O–H groups in total. The molecule has 1 aromatic rings. The van der Waals surface area contributed by atoms with Gasteiger partial charge in [-0.05, 0) is 18.6 Å². The van der Waals surface area contributed by atoms with Crippen LogP contribution in [0.4, 0.5) is 13.2 Å². The van der Waals surface area contributed by atoms with Crippen LogP contribution >= 0.6 is 0 Å². The number of ketones is 1. The number of allylic oxidation sites excluding steroid dienone is 2. The maximum absolute atomic E-state index is 12.7. The topological polar surface area (TPSA) is 17.1 Å². The standard InChI is InChI=1S/C12H9F3O/c1-2-7-6-9-8(11(7)16)4-3-5-10(9)12(13,14)15/h2-5H,6H2,1H3/b7-2-. The minimum atomic E-state index is -4.39. The maximum Gasteiger partial charge on any atom is 0.416 e. The number of hydrogen-bond acceptors (Lipinski definition) is 1. The van der Waals surface area contributed by atoms with Crippen molar-refractivity contribution in [3.05, 3.63) is 46.5 Å². The van der Waals surface area contributed by atoms with Crippen molar-refractivity contribution in [3.63, 3.8) is 0 Å². The molecule has 1 nitrogen and oxygen atoms in total. The minimum absolute atomic E-state index is 0.0837. The van der Waals surface area contributed by atoms with Gasteiger partial charge in [-0.2, -0.15) is 13.2 Å². The van der Waals surface area contributed by atoms with E-state index in [1.165, 1.54) is 12.1 Å². The number of Topliss-reactive ketones (excluding diaryl/α,β-unsaturated/α-hetero) is 1. The lowest BCUT2D eigenvalue weighted by molar-refractivity contribution is -0.138. The van der Waals surface area contributed by atoms with Crippen molar-refractivity contribution in [2.45, 2.75) is 19.5 Å². The summed E-state index contributed by atoms with van der Waals surface area (Å²) in [7, 11) is 0. The van der Waals surface area contributed by atoms with Crippen LogP contribution < -0.4 is 0 Å². The van der Waals surface area contributed by atoms with Crippen LogP contribution in [0.25, 0.3) is 0 Å². The van der Waals surface area contributed by atoms with E-state index in [4.69, 9.17) is 0 Å². The molecule has 2 rings (SSSR count). The van der Waals surface area contributed by atoms with Crippen LogP contribution in [0, 0.1) is 0 Å². The summed E-state index contributed by atoms with van der Waals surface area (Å²) >= 11 is 0. The molecule has 0 unspecified atom stereocenters. The Morgan fingerprint density at radius 1 is 1.31 bits per heavy atom. The van der Waals surface area contributed by atoms with Gasteiger partial charge in [-0.25, -0.2) is 0 Å². The highest BCUT2D eigenvalue weighted by atomic mass is 19.4. The molecule has 0 aromatic heterocycles. The van der Waals surface area contributed by atoms with Crippen molar-refractivity contribution < 1.29 is 18.0 Å². The van der Waals surface area contributed by atoms with Gasteiger partial charge in [0.25, 0.3) is 0 Å². The SMILES string of the molecule is C/C=C1/Cc2c(cccc2C(F)(F)F)C1=O. The molecular weight excluding hydrogens is 217 g/mol. The number of alkyl halides is 3. The van der Waals surface area contributed by atoms with Crippen molar-refractivity contribution in [1.29, 1.82) is 0 Å². The van der Waals surface area contributed by atoms with Crippen LogP contribution in [0.5, 0.6) is 0 Å². The number of carbonyl (C=O) groups is 1. The molecule has 0 fully saturated rings. The second-order valence-corrected chi connectivity index (χ2v) is 3.65. The summed E-state index contributed by atoms with van der Waals surface area (Å²) in [5.74, 6) is -0.288. The Hall–Kier alpha value is -1.58. The summed E-state index contributed by atoms with van der Waals surface area (Å²) in [5.41, 5.74) is 0.0259. The number of hydrogen-bond donors (Lipinski definition) is 0. The Balaban J connectivity index is 2.62. The predicted molar refractivity (Wildman–Crippen MR) is 53.2 cm³/mol. The van der Waals surface area contributed by atoms with E-state index in [-0.39, 0.29) is 23.3 Å². The molecule has 0 saturated carbocycles. The van der Waals surface area contributed by atoms with Gasteiger partial charge in [0.05, 0.1) is 5.56 Å². The van der Waals surface area contributed by atoms with Gasteiger partial charge >= 0.3 is 6.18 Å². The summed E-state index contributed by atoms with van der Waals surface area (Å²) in [6.45, 7) is 1.66. The highest BCUT2D eigenvalue weighted by molar-refractivity contribution is 6.13. The van der Waals surface area contributed by atoms with E-state index in [2.05, 4.69) is 0 Å². The Bertz CT molecular complexity index is 484. The first-order chi connectivity index (χ1) is 7.45. The lowest BCUT2D eigenvalue weighted by Crippen LogP contribution is -2.09. The second kappa shape index (κ2) is 3.47. The summed E-state index contributed by atoms with van der Waals surface area (Å²) in [5, 5.41) is 0. The molecule has 0 aliphatic heterocycles. The van der Waals surface area contributed by atoms with E-state index in [9.17, 15) is 18.0 Å². The van der Waals surface area contributed by atoms with Gasteiger partial charge in [0.2, 0.25) is 0 Å². The largest absolute Gasteiger partial charge is 0.416 e. The van der Waals surface area contributed by atoms with Crippen LogP contribution in [0.2, 0.25) is 0 Å². The third-order valence-corrected chi connectivity index (χ3v) is 2.73. The zero-order chi connectivity index (χ0) is 11.9. The van der Waals surface area contributed by atoms with Crippen LogP contribution in [-0.2, 0) is 12.6 Å². The number of fused-ring (bicyclic) bond motifs is 1. The first-order valence-corrected chi connectivity index (χ1v) is 4.84. The third kappa shape index (κ3) is 1.54. The molecule has 84 valence electrons. The molecular formula is C12H9F3O. The average molecular weight is 226 g/mol. The van der Waals surface area contributed by atoms with Gasteiger partial charge in [0.15, 0.2) is 5.78 Å². The summed E-state index contributed by atoms with van der Waals surface area (Å²) in [6, 6.07) is 3.74. The van der Waals surface area contributed by atoms with E-state index in [0.29, 0.717) is 5.57 Å². The molecule has 4 heteroatoms. The van der Waals surface area contributed by atoms with Gasteiger partial charge in [-0.1, -0.05) is 18.2 Å². The quantitative estimate of drug-likeness (QED) is 0.620. The fourth-order valence-electron chi connectivity index (χ4n) is 1.93. The Kier molecular flexibility index (Phi) is 2.37. The van der Waals surface area contributed by atoms with Crippen LogP contribution in [0.15, 0.2) is 29.8 Å². The van der Waals surface area contributed by atoms with Crippen molar-refractivity contribution in [1.82, 2.24) is 0 Å². The Labute approximate surface area is 90.6 Å². The van der Waals surface area contributed by atoms with Crippen molar-refractivity contribution in [3.8, 4) is 0 Å². The molecule has 0 amide bonds. The molecule has 0 heterocycles. The maximum atomic E-state index is 12.7. The van der Waals surface area contributed by atoms with Gasteiger partial charge in [-0.15, -0.1) is 0 Å². The first-order valence-electron chi connectivity index (χ1n) is 4.84. The van der Waals surface area contributed by atoms with E-state index in [1.807, 2.05) is 0 Å². The lowest BCUT2D eigenvalue weighted by Gasteiger charge is -2.10. The molecule has 0 spiro atoms. The lowest BCUT2D eigenvalue weighted by atomic mass is 10.0. The fourth-order valence-corrected chi connectivity index (χ4v) is 1.93. The highest BCUT2D eigenvalue weighted by Gasteiger charge is 2.37. The summed E-state index contributed by atoms with van der Waals surface area (Å²) in [4.78, 5) is 11.7. The highest BCUT2D eigenvalue weighted by Crippen LogP contribution is 2.38. The molecule has 1 aromatic carbocycles. The number of halogens is 3. The second-order valence-electron chi connectivity index (χ2n) is 3.65. The predicted octanol–water partition coefficient (Wildman–Crippen LogP) is 3.39. The fraction of sp³-hybridized carbons (Fsp3) is 0.250. The molecule has 0 bridgehead atoms. The molecule has 0 saturated heterocycles. The number of benzene rings is 1. The molecule has 0 radical (unpaired) electrons. The number of carbonyl (C=O) groups excluding carboxylic acids is 1. The first kappa shape index (κ1) is 10.9. The van der Waals surface area contributed by atoms with E-state index in [0.717, 1.165) is 6.07 Å². The van der Waals surface area contributed by atoms with Crippen molar-refractivity contribution >= 4 is 5.78 Å². The molecule has 1 aliphatic rings. The van der Waals surface area contributed by atoms with Crippen LogP contribution in [-0.4, -0.2) is 5.78 Å².